The molecule has 2 heterocycles. The molecular formula is C21H26FN3OS. The molecule has 0 bridgehead atoms. The van der Waals surface area contributed by atoms with Crippen molar-refractivity contribution in [3.05, 3.63) is 51.2 Å². The summed E-state index contributed by atoms with van der Waals surface area (Å²) in [7, 11) is 0. The summed E-state index contributed by atoms with van der Waals surface area (Å²) < 4.78 is 13.1. The Morgan fingerprint density at radius 2 is 1.93 bits per heavy atom. The van der Waals surface area contributed by atoms with Gasteiger partial charge < -0.3 is 10.2 Å². The number of hydrogen-bond donors (Lipinski definition) is 1. The fraction of sp³-hybridized carbons (Fsp3) is 0.524. The lowest BCUT2D eigenvalue weighted by Gasteiger charge is -2.32. The van der Waals surface area contributed by atoms with Crippen molar-refractivity contribution in [2.75, 3.05) is 19.6 Å². The van der Waals surface area contributed by atoms with Gasteiger partial charge in [-0.15, -0.1) is 11.3 Å². The fourth-order valence-electron chi connectivity index (χ4n) is 3.59. The van der Waals surface area contributed by atoms with Gasteiger partial charge in [0.05, 0.1) is 10.7 Å². The predicted molar refractivity (Wildman–Crippen MR) is 106 cm³/mol. The van der Waals surface area contributed by atoms with Crippen LogP contribution in [-0.2, 0) is 6.42 Å². The summed E-state index contributed by atoms with van der Waals surface area (Å²) in [5.74, 6) is 0.764. The maximum Gasteiger partial charge on any atom is 0.265 e. The van der Waals surface area contributed by atoms with Crippen LogP contribution in [0.2, 0.25) is 0 Å². The zero-order valence-corrected chi connectivity index (χ0v) is 16.5. The molecule has 0 spiro atoms. The molecule has 0 radical (unpaired) electrons. The molecule has 0 unspecified atom stereocenters. The minimum absolute atomic E-state index is 0.107. The van der Waals surface area contributed by atoms with E-state index in [1.807, 2.05) is 11.8 Å². The molecule has 144 valence electrons. The van der Waals surface area contributed by atoms with Gasteiger partial charge in [-0.05, 0) is 62.8 Å². The first-order valence-electron chi connectivity index (χ1n) is 9.82. The van der Waals surface area contributed by atoms with Crippen LogP contribution in [0.5, 0.6) is 0 Å². The highest BCUT2D eigenvalue weighted by atomic mass is 32.1. The number of rotatable bonds is 6. The number of piperidine rings is 1. The van der Waals surface area contributed by atoms with Gasteiger partial charge in [-0.1, -0.05) is 12.1 Å². The van der Waals surface area contributed by atoms with Crippen molar-refractivity contribution in [3.63, 3.8) is 0 Å². The van der Waals surface area contributed by atoms with E-state index >= 15 is 0 Å². The monoisotopic (exact) mass is 387 g/mol. The zero-order chi connectivity index (χ0) is 18.8. The van der Waals surface area contributed by atoms with Crippen LogP contribution in [0.1, 0.15) is 51.6 Å². The second-order valence-corrected chi connectivity index (χ2v) is 8.83. The Morgan fingerprint density at radius 1 is 1.22 bits per heavy atom. The summed E-state index contributed by atoms with van der Waals surface area (Å²) in [6.45, 7) is 4.67. The second kappa shape index (κ2) is 8.07. The fourth-order valence-corrected chi connectivity index (χ4v) is 4.66. The van der Waals surface area contributed by atoms with Crippen LogP contribution in [0, 0.1) is 18.7 Å². The Hall–Kier alpha value is -1.79. The number of thiazole rings is 1. The molecule has 2 fully saturated rings. The molecule has 1 aromatic heterocycles. The number of halogens is 1. The minimum atomic E-state index is -0.236. The molecule has 27 heavy (non-hydrogen) atoms. The van der Waals surface area contributed by atoms with E-state index in [9.17, 15) is 9.18 Å². The summed E-state index contributed by atoms with van der Waals surface area (Å²) in [5, 5.41) is 4.56. The van der Waals surface area contributed by atoms with Gasteiger partial charge in [-0.3, -0.25) is 4.79 Å². The van der Waals surface area contributed by atoms with E-state index in [0.29, 0.717) is 12.5 Å². The normalized spacial score (nSPS) is 18.1. The van der Waals surface area contributed by atoms with E-state index in [-0.39, 0.29) is 11.7 Å². The van der Waals surface area contributed by atoms with E-state index < -0.39 is 0 Å². The molecule has 1 saturated carbocycles. The van der Waals surface area contributed by atoms with Gasteiger partial charge in [0.1, 0.15) is 10.7 Å². The van der Waals surface area contributed by atoms with Gasteiger partial charge in [0.15, 0.2) is 0 Å². The molecule has 1 aromatic carbocycles. The number of nitrogens with one attached hydrogen (secondary N) is 1. The van der Waals surface area contributed by atoms with Crippen molar-refractivity contribution in [3.8, 4) is 0 Å². The van der Waals surface area contributed by atoms with Crippen molar-refractivity contribution in [1.29, 1.82) is 0 Å². The minimum Gasteiger partial charge on any atom is -0.338 e. The van der Waals surface area contributed by atoms with Crippen molar-refractivity contribution in [2.45, 2.75) is 45.1 Å². The Balaban J connectivity index is 1.34. The van der Waals surface area contributed by atoms with E-state index in [1.54, 1.807) is 12.1 Å². The van der Waals surface area contributed by atoms with E-state index in [2.05, 4.69) is 10.3 Å². The topological polar surface area (TPSA) is 45.2 Å². The Kier molecular flexibility index (Phi) is 5.55. The molecule has 1 saturated heterocycles. The van der Waals surface area contributed by atoms with E-state index in [0.717, 1.165) is 59.5 Å². The van der Waals surface area contributed by atoms with Crippen LogP contribution >= 0.6 is 11.3 Å². The third kappa shape index (κ3) is 4.74. The number of nitrogens with zero attached hydrogens (tertiary/aromatic N) is 2. The van der Waals surface area contributed by atoms with Crippen molar-refractivity contribution in [1.82, 2.24) is 15.2 Å². The summed E-state index contributed by atoms with van der Waals surface area (Å²) in [5.41, 5.74) is 1.81. The second-order valence-electron chi connectivity index (χ2n) is 7.74. The molecule has 0 atom stereocenters. The number of carbonyl (C=O) groups excluding carboxylic acids is 1. The standard InChI is InChI=1S/C21H26FN3OS/c1-14-20(27-19(24-14)12-15-4-6-17(22)7-5-15)21(26)25-10-8-18(9-11-25)23-13-16-2-3-16/h4-7,16,18,23H,2-3,8-13H2,1H3. The molecule has 1 N–H and O–H groups in total. The van der Waals surface area contributed by atoms with Gasteiger partial charge in [-0.25, -0.2) is 9.37 Å². The van der Waals surface area contributed by atoms with E-state index in [4.69, 9.17) is 0 Å². The average Bonchev–Trinajstić information content (AvgIpc) is 3.44. The quantitative estimate of drug-likeness (QED) is 0.820. The predicted octanol–water partition coefficient (Wildman–Crippen LogP) is 3.79. The van der Waals surface area contributed by atoms with Crippen LogP contribution in [0.4, 0.5) is 4.39 Å². The zero-order valence-electron chi connectivity index (χ0n) is 15.7. The first-order valence-corrected chi connectivity index (χ1v) is 10.6. The van der Waals surface area contributed by atoms with E-state index in [1.165, 1.54) is 36.3 Å². The maximum atomic E-state index is 13.1. The number of benzene rings is 1. The highest BCUT2D eigenvalue weighted by Crippen LogP contribution is 2.28. The van der Waals surface area contributed by atoms with Crippen LogP contribution in [0.15, 0.2) is 24.3 Å². The molecule has 1 aliphatic carbocycles. The molecule has 1 amide bonds. The Labute approximate surface area is 163 Å². The van der Waals surface area contributed by atoms with Crippen LogP contribution in [-0.4, -0.2) is 41.5 Å². The lowest BCUT2D eigenvalue weighted by atomic mass is 10.0. The summed E-state index contributed by atoms with van der Waals surface area (Å²) in [6.07, 6.45) is 5.42. The largest absolute Gasteiger partial charge is 0.338 e. The summed E-state index contributed by atoms with van der Waals surface area (Å²) in [6, 6.07) is 7.01. The smallest absolute Gasteiger partial charge is 0.265 e. The maximum absolute atomic E-state index is 13.1. The van der Waals surface area contributed by atoms with Gasteiger partial charge in [0, 0.05) is 25.6 Å². The van der Waals surface area contributed by atoms with Gasteiger partial charge >= 0.3 is 0 Å². The highest BCUT2D eigenvalue weighted by Gasteiger charge is 2.28. The first kappa shape index (κ1) is 18.6. The Bertz CT molecular complexity index is 792. The third-order valence-corrected chi connectivity index (χ3v) is 6.62. The van der Waals surface area contributed by atoms with Crippen LogP contribution < -0.4 is 5.32 Å². The molecule has 2 aliphatic rings. The van der Waals surface area contributed by atoms with Crippen molar-refractivity contribution >= 4 is 17.2 Å². The Morgan fingerprint density at radius 3 is 2.59 bits per heavy atom. The summed E-state index contributed by atoms with van der Waals surface area (Å²) >= 11 is 1.47. The third-order valence-electron chi connectivity index (χ3n) is 5.48. The molecule has 1 aliphatic heterocycles. The number of hydrogen-bond acceptors (Lipinski definition) is 4. The first-order chi connectivity index (χ1) is 13.1. The molecular weight excluding hydrogens is 361 g/mol. The lowest BCUT2D eigenvalue weighted by Crippen LogP contribution is -2.45. The summed E-state index contributed by atoms with van der Waals surface area (Å²) in [4.78, 5) is 20.2. The number of aromatic nitrogens is 1. The number of amides is 1. The van der Waals surface area contributed by atoms with Crippen LogP contribution in [0.25, 0.3) is 0 Å². The molecule has 6 heteroatoms. The molecule has 4 nitrogen and oxygen atoms in total. The highest BCUT2D eigenvalue weighted by molar-refractivity contribution is 7.13. The average molecular weight is 388 g/mol. The van der Waals surface area contributed by atoms with Gasteiger partial charge in [0.2, 0.25) is 0 Å². The van der Waals surface area contributed by atoms with Gasteiger partial charge in [0.25, 0.3) is 5.91 Å². The van der Waals surface area contributed by atoms with Crippen molar-refractivity contribution in [2.24, 2.45) is 5.92 Å². The lowest BCUT2D eigenvalue weighted by molar-refractivity contribution is 0.0709. The number of likely N-dealkylation sites (tertiary alicyclic amines) is 1. The SMILES string of the molecule is Cc1nc(Cc2ccc(F)cc2)sc1C(=O)N1CCC(NCC2CC2)CC1. The number of aryl methyl sites for hydroxylation is 1. The van der Waals surface area contributed by atoms with Crippen molar-refractivity contribution < 1.29 is 9.18 Å². The molecule has 4 rings (SSSR count). The van der Waals surface area contributed by atoms with Gasteiger partial charge in [-0.2, -0.15) is 0 Å². The number of carbonyl (C=O) groups is 1. The molecule has 2 aromatic rings. The van der Waals surface area contributed by atoms with Crippen LogP contribution in [0.3, 0.4) is 0 Å².